The van der Waals surface area contributed by atoms with Crippen LogP contribution in [-0.2, 0) is 9.59 Å². The normalized spacial score (nSPS) is 18.1. The topological polar surface area (TPSA) is 70.2 Å². The summed E-state index contributed by atoms with van der Waals surface area (Å²) >= 11 is 6.11. The fourth-order valence-corrected chi connectivity index (χ4v) is 2.42. The second-order valence-electron chi connectivity index (χ2n) is 5.13. The van der Waals surface area contributed by atoms with Gasteiger partial charge in [0.2, 0.25) is 11.8 Å². The molecule has 1 aliphatic rings. The first-order valence-corrected chi connectivity index (χ1v) is 7.59. The van der Waals surface area contributed by atoms with E-state index in [-0.39, 0.29) is 17.7 Å². The van der Waals surface area contributed by atoms with Gasteiger partial charge >= 0.3 is 0 Å². The lowest BCUT2D eigenvalue weighted by Crippen LogP contribution is -2.37. The summed E-state index contributed by atoms with van der Waals surface area (Å²) in [5.74, 6) is -0.155. The molecule has 1 saturated heterocycles. The molecule has 2 amide bonds. The Kier molecular flexibility index (Phi) is 5.59. The molecule has 0 radical (unpaired) electrons. The lowest BCUT2D eigenvalue weighted by molar-refractivity contribution is -0.120. The second kappa shape index (κ2) is 7.43. The number of piperidine rings is 1. The highest BCUT2D eigenvalue weighted by Gasteiger charge is 2.21. The number of carbonyl (C=O) groups excluding carboxylic acids is 2. The molecule has 114 valence electrons. The highest BCUT2D eigenvalue weighted by molar-refractivity contribution is 6.33. The third kappa shape index (κ3) is 4.44. The lowest BCUT2D eigenvalue weighted by atomic mass is 9.99. The number of nitrogens with one attached hydrogen (secondary N) is 3. The van der Waals surface area contributed by atoms with Crippen molar-refractivity contribution in [1.29, 1.82) is 0 Å². The summed E-state index contributed by atoms with van der Waals surface area (Å²) in [7, 11) is 0. The largest absolute Gasteiger partial charge is 0.326 e. The zero-order chi connectivity index (χ0) is 15.2. The Morgan fingerprint density at radius 1 is 1.38 bits per heavy atom. The van der Waals surface area contributed by atoms with Crippen LogP contribution >= 0.6 is 11.6 Å². The Morgan fingerprint density at radius 3 is 2.86 bits per heavy atom. The molecule has 3 N–H and O–H groups in total. The van der Waals surface area contributed by atoms with Crippen molar-refractivity contribution < 1.29 is 9.59 Å². The number of hydrogen-bond acceptors (Lipinski definition) is 3. The van der Waals surface area contributed by atoms with Gasteiger partial charge in [-0.2, -0.15) is 0 Å². The van der Waals surface area contributed by atoms with Crippen LogP contribution in [0.5, 0.6) is 0 Å². The third-order valence-electron chi connectivity index (χ3n) is 3.50. The molecule has 0 bridgehead atoms. The van der Waals surface area contributed by atoms with Crippen LogP contribution in [0.1, 0.15) is 26.2 Å². The minimum absolute atomic E-state index is 0.0382. The van der Waals surface area contributed by atoms with Crippen LogP contribution in [0.25, 0.3) is 0 Å². The van der Waals surface area contributed by atoms with E-state index in [9.17, 15) is 9.59 Å². The van der Waals surface area contributed by atoms with E-state index < -0.39 is 0 Å². The van der Waals surface area contributed by atoms with Gasteiger partial charge in [-0.05, 0) is 37.6 Å². The van der Waals surface area contributed by atoms with Crippen molar-refractivity contribution in [3.63, 3.8) is 0 Å². The maximum Gasteiger partial charge on any atom is 0.228 e. The van der Waals surface area contributed by atoms with Crippen molar-refractivity contribution >= 4 is 34.8 Å². The molecule has 1 aromatic carbocycles. The first kappa shape index (κ1) is 15.8. The summed E-state index contributed by atoms with van der Waals surface area (Å²) in [4.78, 5) is 23.6. The molecule has 0 spiro atoms. The summed E-state index contributed by atoms with van der Waals surface area (Å²) in [5, 5.41) is 9.27. The Labute approximate surface area is 129 Å². The average molecular weight is 310 g/mol. The molecule has 1 fully saturated rings. The van der Waals surface area contributed by atoms with Crippen molar-refractivity contribution in [2.45, 2.75) is 26.2 Å². The van der Waals surface area contributed by atoms with Crippen molar-refractivity contribution in [1.82, 2.24) is 5.32 Å². The summed E-state index contributed by atoms with van der Waals surface area (Å²) in [6.45, 7) is 3.43. The highest BCUT2D eigenvalue weighted by Crippen LogP contribution is 2.26. The fourth-order valence-electron chi connectivity index (χ4n) is 2.26. The van der Waals surface area contributed by atoms with Gasteiger partial charge in [-0.1, -0.05) is 18.5 Å². The monoisotopic (exact) mass is 309 g/mol. The predicted octanol–water partition coefficient (Wildman–Crippen LogP) is 2.63. The smallest absolute Gasteiger partial charge is 0.228 e. The van der Waals surface area contributed by atoms with Gasteiger partial charge in [0.1, 0.15) is 0 Å². The van der Waals surface area contributed by atoms with Gasteiger partial charge in [0.15, 0.2) is 0 Å². The summed E-state index contributed by atoms with van der Waals surface area (Å²) < 4.78 is 0. The quantitative estimate of drug-likeness (QED) is 0.800. The highest BCUT2D eigenvalue weighted by atomic mass is 35.5. The maximum atomic E-state index is 12.2. The van der Waals surface area contributed by atoms with E-state index in [1.165, 1.54) is 0 Å². The van der Waals surface area contributed by atoms with Gasteiger partial charge < -0.3 is 16.0 Å². The van der Waals surface area contributed by atoms with Crippen molar-refractivity contribution in [2.75, 3.05) is 23.7 Å². The van der Waals surface area contributed by atoms with Crippen LogP contribution in [0, 0.1) is 5.92 Å². The van der Waals surface area contributed by atoms with E-state index in [2.05, 4.69) is 16.0 Å². The summed E-state index contributed by atoms with van der Waals surface area (Å²) in [5.41, 5.74) is 1.16. The van der Waals surface area contributed by atoms with Crippen LogP contribution in [0.4, 0.5) is 11.4 Å². The number of hydrogen-bond donors (Lipinski definition) is 3. The van der Waals surface area contributed by atoms with E-state index in [0.717, 1.165) is 19.4 Å². The molecule has 2 rings (SSSR count). The molecule has 1 atom stereocenters. The fraction of sp³-hybridized carbons (Fsp3) is 0.467. The first-order valence-electron chi connectivity index (χ1n) is 7.21. The van der Waals surface area contributed by atoms with E-state index in [1.807, 2.05) is 0 Å². The van der Waals surface area contributed by atoms with E-state index in [0.29, 0.717) is 29.4 Å². The maximum absolute atomic E-state index is 12.2. The molecular formula is C15H20ClN3O2. The number of amides is 2. The molecular weight excluding hydrogens is 290 g/mol. The number of rotatable bonds is 4. The molecule has 1 aliphatic heterocycles. The van der Waals surface area contributed by atoms with Gasteiger partial charge in [0.25, 0.3) is 0 Å². The van der Waals surface area contributed by atoms with E-state index in [4.69, 9.17) is 11.6 Å². The van der Waals surface area contributed by atoms with Crippen molar-refractivity contribution in [2.24, 2.45) is 5.92 Å². The van der Waals surface area contributed by atoms with Crippen LogP contribution in [-0.4, -0.2) is 24.9 Å². The lowest BCUT2D eigenvalue weighted by Gasteiger charge is -2.22. The number of anilines is 2. The third-order valence-corrected chi connectivity index (χ3v) is 3.83. The van der Waals surface area contributed by atoms with Crippen molar-refractivity contribution in [3.8, 4) is 0 Å². The van der Waals surface area contributed by atoms with Crippen LogP contribution in [0.3, 0.4) is 0 Å². The Hall–Kier alpha value is -1.59. The Morgan fingerprint density at radius 2 is 2.19 bits per heavy atom. The molecule has 21 heavy (non-hydrogen) atoms. The standard InChI is InChI=1S/C15H20ClN3O2/c1-2-14(20)18-11-5-6-12(16)13(8-11)19-15(21)10-4-3-7-17-9-10/h5-6,8,10,17H,2-4,7,9H2,1H3,(H,18,20)(H,19,21)/t10-/m0/s1. The minimum Gasteiger partial charge on any atom is -0.326 e. The molecule has 5 nitrogen and oxygen atoms in total. The molecule has 0 aromatic heterocycles. The molecule has 0 saturated carbocycles. The van der Waals surface area contributed by atoms with Gasteiger partial charge in [0.05, 0.1) is 16.6 Å². The van der Waals surface area contributed by atoms with Gasteiger partial charge in [0, 0.05) is 18.7 Å². The molecule has 1 heterocycles. The predicted molar refractivity (Wildman–Crippen MR) is 84.6 cm³/mol. The second-order valence-corrected chi connectivity index (χ2v) is 5.54. The van der Waals surface area contributed by atoms with Crippen molar-refractivity contribution in [3.05, 3.63) is 23.2 Å². The van der Waals surface area contributed by atoms with Gasteiger partial charge in [-0.15, -0.1) is 0 Å². The SMILES string of the molecule is CCC(=O)Nc1ccc(Cl)c(NC(=O)[C@H]2CCCNC2)c1. The van der Waals surface area contributed by atoms with E-state index in [1.54, 1.807) is 25.1 Å². The Balaban J connectivity index is 2.05. The number of benzene rings is 1. The zero-order valence-corrected chi connectivity index (χ0v) is 12.8. The first-order chi connectivity index (χ1) is 10.1. The molecule has 0 aliphatic carbocycles. The summed E-state index contributed by atoms with van der Waals surface area (Å²) in [6, 6.07) is 5.07. The number of carbonyl (C=O) groups is 2. The molecule has 0 unspecified atom stereocenters. The average Bonchev–Trinajstić information content (AvgIpc) is 2.51. The molecule has 1 aromatic rings. The van der Waals surface area contributed by atoms with Crippen LogP contribution in [0.2, 0.25) is 5.02 Å². The Bertz CT molecular complexity index is 528. The zero-order valence-electron chi connectivity index (χ0n) is 12.0. The van der Waals surface area contributed by atoms with E-state index >= 15 is 0 Å². The van der Waals surface area contributed by atoms with Gasteiger partial charge in [-0.25, -0.2) is 0 Å². The summed E-state index contributed by atoms with van der Waals surface area (Å²) in [6.07, 6.45) is 2.28. The minimum atomic E-state index is -0.0777. The van der Waals surface area contributed by atoms with Crippen LogP contribution in [0.15, 0.2) is 18.2 Å². The molecule has 6 heteroatoms. The van der Waals surface area contributed by atoms with Crippen LogP contribution < -0.4 is 16.0 Å². The number of halogens is 1. The van der Waals surface area contributed by atoms with Gasteiger partial charge in [-0.3, -0.25) is 9.59 Å².